The van der Waals surface area contributed by atoms with Crippen molar-refractivity contribution in [2.45, 2.75) is 31.7 Å². The number of carbonyl (C=O) groups is 2. The van der Waals surface area contributed by atoms with Crippen molar-refractivity contribution >= 4 is 11.8 Å². The molecule has 176 valence electrons. The monoisotopic (exact) mass is 453 g/mol. The quantitative estimate of drug-likeness (QED) is 0.695. The van der Waals surface area contributed by atoms with Gasteiger partial charge in [-0.2, -0.15) is 0 Å². The largest absolute Gasteiger partial charge is 0.496 e. The van der Waals surface area contributed by atoms with E-state index in [9.17, 15) is 14.0 Å². The minimum atomic E-state index is -0.359. The van der Waals surface area contributed by atoms with Crippen molar-refractivity contribution in [1.82, 2.24) is 15.1 Å². The lowest BCUT2D eigenvalue weighted by Crippen LogP contribution is -2.44. The van der Waals surface area contributed by atoms with Crippen LogP contribution in [0, 0.1) is 11.7 Å². The van der Waals surface area contributed by atoms with E-state index in [1.807, 2.05) is 18.2 Å². The standard InChI is InChI=1S/C26H32FN3O3/c1-33-24-7-3-2-6-22(24)23(29-14-4-5-15-29)18-28-25(31)19-12-16-30(17-13-19)26(32)20-8-10-21(27)11-9-20/h2-3,6-11,19,23H,4-5,12-18H2,1H3,(H,28,31). The molecule has 0 aliphatic carbocycles. The summed E-state index contributed by atoms with van der Waals surface area (Å²) in [5.74, 6) is 0.305. The summed E-state index contributed by atoms with van der Waals surface area (Å²) in [6.45, 7) is 3.62. The second kappa shape index (κ2) is 10.8. The summed E-state index contributed by atoms with van der Waals surface area (Å²) in [6, 6.07) is 13.7. The van der Waals surface area contributed by atoms with Crippen LogP contribution >= 0.6 is 0 Å². The van der Waals surface area contributed by atoms with E-state index in [1.54, 1.807) is 12.0 Å². The molecule has 33 heavy (non-hydrogen) atoms. The second-order valence-electron chi connectivity index (χ2n) is 8.82. The molecule has 1 N–H and O–H groups in total. The van der Waals surface area contributed by atoms with Gasteiger partial charge in [0, 0.05) is 36.7 Å². The van der Waals surface area contributed by atoms with Crippen LogP contribution in [0.1, 0.15) is 47.6 Å². The van der Waals surface area contributed by atoms with E-state index >= 15 is 0 Å². The predicted octanol–water partition coefficient (Wildman–Crippen LogP) is 3.64. The number of methoxy groups -OCH3 is 1. The van der Waals surface area contributed by atoms with Gasteiger partial charge in [-0.15, -0.1) is 0 Å². The molecule has 2 fully saturated rings. The molecule has 1 atom stereocenters. The Balaban J connectivity index is 1.34. The van der Waals surface area contributed by atoms with Crippen LogP contribution in [0.5, 0.6) is 5.75 Å². The zero-order chi connectivity index (χ0) is 23.2. The highest BCUT2D eigenvalue weighted by Crippen LogP contribution is 2.31. The number of ether oxygens (including phenoxy) is 1. The van der Waals surface area contributed by atoms with E-state index in [2.05, 4.69) is 16.3 Å². The highest BCUT2D eigenvalue weighted by Gasteiger charge is 2.30. The SMILES string of the molecule is COc1ccccc1C(CNC(=O)C1CCN(C(=O)c2ccc(F)cc2)CC1)N1CCCC1. The molecular formula is C26H32FN3O3. The number of piperidine rings is 1. The number of hydrogen-bond acceptors (Lipinski definition) is 4. The van der Waals surface area contributed by atoms with Crippen LogP contribution in [0.15, 0.2) is 48.5 Å². The van der Waals surface area contributed by atoms with Crippen molar-refractivity contribution in [3.05, 3.63) is 65.5 Å². The van der Waals surface area contributed by atoms with Crippen molar-refractivity contribution in [1.29, 1.82) is 0 Å². The fourth-order valence-electron chi connectivity index (χ4n) is 4.89. The maximum absolute atomic E-state index is 13.1. The van der Waals surface area contributed by atoms with Gasteiger partial charge in [0.1, 0.15) is 11.6 Å². The van der Waals surface area contributed by atoms with E-state index in [4.69, 9.17) is 4.74 Å². The van der Waals surface area contributed by atoms with Crippen molar-refractivity contribution in [2.75, 3.05) is 39.8 Å². The minimum Gasteiger partial charge on any atom is -0.496 e. The van der Waals surface area contributed by atoms with Crippen LogP contribution in [-0.2, 0) is 4.79 Å². The molecule has 0 spiro atoms. The summed E-state index contributed by atoms with van der Waals surface area (Å²) in [7, 11) is 1.68. The number of nitrogens with zero attached hydrogens (tertiary/aromatic N) is 2. The van der Waals surface area contributed by atoms with Crippen LogP contribution < -0.4 is 10.1 Å². The first-order valence-electron chi connectivity index (χ1n) is 11.8. The molecule has 0 saturated carbocycles. The fourth-order valence-corrected chi connectivity index (χ4v) is 4.89. The zero-order valence-corrected chi connectivity index (χ0v) is 19.1. The average molecular weight is 454 g/mol. The summed E-state index contributed by atoms with van der Waals surface area (Å²) in [5.41, 5.74) is 1.58. The molecule has 2 aromatic carbocycles. The molecular weight excluding hydrogens is 421 g/mol. The third-order valence-electron chi connectivity index (χ3n) is 6.79. The maximum Gasteiger partial charge on any atom is 0.253 e. The lowest BCUT2D eigenvalue weighted by molar-refractivity contribution is -0.126. The fraction of sp³-hybridized carbons (Fsp3) is 0.462. The number of likely N-dealkylation sites (tertiary alicyclic amines) is 2. The van der Waals surface area contributed by atoms with Crippen LogP contribution in [-0.4, -0.2) is 61.4 Å². The molecule has 0 radical (unpaired) electrons. The Bertz CT molecular complexity index is 952. The Morgan fingerprint density at radius 2 is 1.70 bits per heavy atom. The molecule has 7 heteroatoms. The van der Waals surface area contributed by atoms with Gasteiger partial charge in [0.05, 0.1) is 13.2 Å². The predicted molar refractivity (Wildman–Crippen MR) is 125 cm³/mol. The van der Waals surface area contributed by atoms with E-state index < -0.39 is 0 Å². The van der Waals surface area contributed by atoms with Crippen LogP contribution in [0.4, 0.5) is 4.39 Å². The van der Waals surface area contributed by atoms with Gasteiger partial charge in [0.15, 0.2) is 0 Å². The van der Waals surface area contributed by atoms with Gasteiger partial charge in [-0.25, -0.2) is 4.39 Å². The second-order valence-corrected chi connectivity index (χ2v) is 8.82. The summed E-state index contributed by atoms with van der Waals surface area (Å²) < 4.78 is 18.7. The van der Waals surface area contributed by atoms with Gasteiger partial charge in [0.25, 0.3) is 5.91 Å². The maximum atomic E-state index is 13.1. The Hall–Kier alpha value is -2.93. The zero-order valence-electron chi connectivity index (χ0n) is 19.1. The molecule has 6 nitrogen and oxygen atoms in total. The van der Waals surface area contributed by atoms with Gasteiger partial charge in [0.2, 0.25) is 5.91 Å². The molecule has 2 amide bonds. The first-order chi connectivity index (χ1) is 16.1. The van der Waals surface area contributed by atoms with Crippen molar-refractivity contribution in [2.24, 2.45) is 5.92 Å². The third-order valence-corrected chi connectivity index (χ3v) is 6.79. The highest BCUT2D eigenvalue weighted by atomic mass is 19.1. The molecule has 2 aliphatic rings. The summed E-state index contributed by atoms with van der Waals surface area (Å²) in [6.07, 6.45) is 3.59. The van der Waals surface area contributed by atoms with E-state index in [0.717, 1.165) is 24.4 Å². The topological polar surface area (TPSA) is 61.9 Å². The van der Waals surface area contributed by atoms with Gasteiger partial charge in [-0.1, -0.05) is 18.2 Å². The van der Waals surface area contributed by atoms with E-state index in [0.29, 0.717) is 38.0 Å². The van der Waals surface area contributed by atoms with Gasteiger partial charge in [-0.05, 0) is 69.1 Å². The average Bonchev–Trinajstić information content (AvgIpc) is 3.39. The minimum absolute atomic E-state index is 0.0444. The molecule has 2 saturated heterocycles. The number of nitrogens with one attached hydrogen (secondary N) is 1. The van der Waals surface area contributed by atoms with Crippen LogP contribution in [0.3, 0.4) is 0 Å². The highest BCUT2D eigenvalue weighted by molar-refractivity contribution is 5.94. The Kier molecular flexibility index (Phi) is 7.60. The molecule has 2 heterocycles. The molecule has 1 unspecified atom stereocenters. The number of para-hydroxylation sites is 1. The van der Waals surface area contributed by atoms with Crippen molar-refractivity contribution in [3.63, 3.8) is 0 Å². The van der Waals surface area contributed by atoms with E-state index in [-0.39, 0.29) is 29.6 Å². The van der Waals surface area contributed by atoms with Crippen molar-refractivity contribution in [3.8, 4) is 5.75 Å². The Morgan fingerprint density at radius 3 is 2.36 bits per heavy atom. The number of halogens is 1. The lowest BCUT2D eigenvalue weighted by atomic mass is 9.95. The molecule has 4 rings (SSSR count). The van der Waals surface area contributed by atoms with E-state index in [1.165, 1.54) is 37.1 Å². The molecule has 2 aliphatic heterocycles. The Morgan fingerprint density at radius 1 is 1.03 bits per heavy atom. The number of amides is 2. The summed E-state index contributed by atoms with van der Waals surface area (Å²) >= 11 is 0. The third kappa shape index (κ3) is 5.53. The number of hydrogen-bond donors (Lipinski definition) is 1. The number of carbonyl (C=O) groups excluding carboxylic acids is 2. The first kappa shape index (κ1) is 23.2. The Labute approximate surface area is 194 Å². The summed E-state index contributed by atoms with van der Waals surface area (Å²) in [4.78, 5) is 29.8. The molecule has 2 aromatic rings. The normalized spacial score (nSPS) is 18.2. The van der Waals surface area contributed by atoms with Gasteiger partial charge < -0.3 is 15.0 Å². The molecule has 0 aromatic heterocycles. The molecule has 0 bridgehead atoms. The summed E-state index contributed by atoms with van der Waals surface area (Å²) in [5, 5.41) is 3.18. The van der Waals surface area contributed by atoms with Crippen LogP contribution in [0.25, 0.3) is 0 Å². The van der Waals surface area contributed by atoms with Gasteiger partial charge in [-0.3, -0.25) is 14.5 Å². The number of rotatable bonds is 7. The lowest BCUT2D eigenvalue weighted by Gasteiger charge is -2.33. The van der Waals surface area contributed by atoms with Crippen LogP contribution in [0.2, 0.25) is 0 Å². The van der Waals surface area contributed by atoms with Crippen molar-refractivity contribution < 1.29 is 18.7 Å². The van der Waals surface area contributed by atoms with Gasteiger partial charge >= 0.3 is 0 Å². The number of benzene rings is 2. The smallest absolute Gasteiger partial charge is 0.253 e. The first-order valence-corrected chi connectivity index (χ1v) is 11.8.